The molecule has 0 atom stereocenters. The van der Waals surface area contributed by atoms with Crippen molar-refractivity contribution < 1.29 is 0 Å². The molecule has 0 saturated heterocycles. The average Bonchev–Trinajstić information content (AvgIpc) is 2.64. The van der Waals surface area contributed by atoms with Crippen LogP contribution in [-0.2, 0) is 5.41 Å². The highest BCUT2D eigenvalue weighted by Gasteiger charge is 2.18. The Hall–Kier alpha value is -0.960. The van der Waals surface area contributed by atoms with Crippen LogP contribution in [0.5, 0.6) is 0 Å². The first kappa shape index (κ1) is 9.59. The normalized spacial score (nSPS) is 12.2. The van der Waals surface area contributed by atoms with Crippen LogP contribution in [-0.4, -0.2) is 8.75 Å². The molecule has 0 unspecified atom stereocenters. The van der Waals surface area contributed by atoms with Gasteiger partial charge in [-0.3, -0.25) is 0 Å². The summed E-state index contributed by atoms with van der Waals surface area (Å²) in [6, 6.07) is 6.38. The number of hydrogen-bond donors (Lipinski definition) is 0. The van der Waals surface area contributed by atoms with E-state index in [0.717, 1.165) is 17.5 Å². The fourth-order valence-corrected chi connectivity index (χ4v) is 1.92. The number of benzene rings is 1. The number of aromatic nitrogens is 2. The molecule has 2 rings (SSSR count). The van der Waals surface area contributed by atoms with Crippen LogP contribution in [0.1, 0.15) is 32.8 Å². The van der Waals surface area contributed by atoms with Gasteiger partial charge in [-0.05, 0) is 29.5 Å². The van der Waals surface area contributed by atoms with E-state index in [0.29, 0.717) is 0 Å². The first-order chi connectivity index (χ1) is 6.63. The molecule has 14 heavy (non-hydrogen) atoms. The largest absolute Gasteiger partial charge is 0.173 e. The van der Waals surface area contributed by atoms with Gasteiger partial charge in [0.15, 0.2) is 0 Å². The summed E-state index contributed by atoms with van der Waals surface area (Å²) in [6.45, 7) is 6.73. The Kier molecular flexibility index (Phi) is 2.27. The second kappa shape index (κ2) is 3.31. The monoisotopic (exact) mass is 206 g/mol. The molecule has 0 fully saturated rings. The summed E-state index contributed by atoms with van der Waals surface area (Å²) in [5.74, 6) is 0. The molecule has 1 heterocycles. The van der Waals surface area contributed by atoms with E-state index >= 15 is 0 Å². The molecule has 0 bridgehead atoms. The molecular weight excluding hydrogens is 192 g/mol. The molecule has 0 N–H and O–H groups in total. The van der Waals surface area contributed by atoms with Crippen molar-refractivity contribution in [2.75, 3.05) is 0 Å². The van der Waals surface area contributed by atoms with Gasteiger partial charge in [-0.2, -0.15) is 8.75 Å². The number of hydrogen-bond acceptors (Lipinski definition) is 3. The van der Waals surface area contributed by atoms with Crippen LogP contribution in [0.2, 0.25) is 0 Å². The Morgan fingerprint density at radius 3 is 2.64 bits per heavy atom. The molecule has 0 radical (unpaired) electrons. The van der Waals surface area contributed by atoms with Crippen LogP contribution in [0.25, 0.3) is 11.0 Å². The third-order valence-corrected chi connectivity index (χ3v) is 3.48. The summed E-state index contributed by atoms with van der Waals surface area (Å²) in [7, 11) is 0. The van der Waals surface area contributed by atoms with Gasteiger partial charge in [-0.25, -0.2) is 0 Å². The molecule has 2 nitrogen and oxygen atoms in total. The lowest BCUT2D eigenvalue weighted by Crippen LogP contribution is -2.15. The Balaban J connectivity index is 2.53. The number of rotatable bonds is 2. The van der Waals surface area contributed by atoms with Crippen molar-refractivity contribution in [2.24, 2.45) is 0 Å². The van der Waals surface area contributed by atoms with Gasteiger partial charge < -0.3 is 0 Å². The van der Waals surface area contributed by atoms with E-state index in [1.165, 1.54) is 17.3 Å². The molecule has 0 spiro atoms. The predicted octanol–water partition coefficient (Wildman–Crippen LogP) is 3.38. The quantitative estimate of drug-likeness (QED) is 0.752. The van der Waals surface area contributed by atoms with E-state index in [1.807, 2.05) is 0 Å². The van der Waals surface area contributed by atoms with E-state index < -0.39 is 0 Å². The first-order valence-corrected chi connectivity index (χ1v) is 5.59. The Morgan fingerprint density at radius 1 is 1.21 bits per heavy atom. The van der Waals surface area contributed by atoms with Gasteiger partial charge in [0.2, 0.25) is 0 Å². The maximum atomic E-state index is 4.26. The molecule has 1 aromatic heterocycles. The second-order valence-corrected chi connectivity index (χ2v) is 4.73. The molecule has 0 aliphatic rings. The molecule has 0 saturated carbocycles. The lowest BCUT2D eigenvalue weighted by Gasteiger charge is -2.22. The third kappa shape index (κ3) is 1.52. The summed E-state index contributed by atoms with van der Waals surface area (Å²) >= 11 is 1.28. The van der Waals surface area contributed by atoms with Crippen LogP contribution in [0.4, 0.5) is 0 Å². The Morgan fingerprint density at radius 2 is 1.93 bits per heavy atom. The average molecular weight is 206 g/mol. The van der Waals surface area contributed by atoms with E-state index in [1.54, 1.807) is 0 Å². The van der Waals surface area contributed by atoms with Crippen molar-refractivity contribution >= 4 is 22.8 Å². The van der Waals surface area contributed by atoms with Crippen LogP contribution in [0.15, 0.2) is 18.2 Å². The Bertz CT molecular complexity index is 445. The Labute approximate surface area is 88.3 Å². The van der Waals surface area contributed by atoms with Gasteiger partial charge >= 0.3 is 0 Å². The van der Waals surface area contributed by atoms with Crippen molar-refractivity contribution in [1.82, 2.24) is 8.75 Å². The van der Waals surface area contributed by atoms with Gasteiger partial charge in [0.05, 0.1) is 11.7 Å². The highest BCUT2D eigenvalue weighted by molar-refractivity contribution is 7.00. The summed E-state index contributed by atoms with van der Waals surface area (Å²) < 4.78 is 8.46. The lowest BCUT2D eigenvalue weighted by molar-refractivity contribution is 0.507. The molecule has 1 aromatic carbocycles. The van der Waals surface area contributed by atoms with Gasteiger partial charge in [-0.15, -0.1) is 0 Å². The molecule has 0 aliphatic carbocycles. The van der Waals surface area contributed by atoms with E-state index in [4.69, 9.17) is 0 Å². The third-order valence-electron chi connectivity index (χ3n) is 2.92. The van der Waals surface area contributed by atoms with Gasteiger partial charge in [-0.1, -0.05) is 26.8 Å². The maximum absolute atomic E-state index is 4.26. The molecular formula is C11H14N2S. The lowest BCUT2D eigenvalue weighted by atomic mass is 9.82. The predicted molar refractivity (Wildman–Crippen MR) is 60.7 cm³/mol. The van der Waals surface area contributed by atoms with Crippen molar-refractivity contribution in [3.05, 3.63) is 23.8 Å². The van der Waals surface area contributed by atoms with Crippen LogP contribution in [0.3, 0.4) is 0 Å². The summed E-state index contributed by atoms with van der Waals surface area (Å²) in [6.07, 6.45) is 1.13. The second-order valence-electron chi connectivity index (χ2n) is 4.21. The summed E-state index contributed by atoms with van der Waals surface area (Å²) in [4.78, 5) is 0. The molecule has 0 amide bonds. The molecule has 2 aromatic rings. The minimum Gasteiger partial charge on any atom is -0.173 e. The highest BCUT2D eigenvalue weighted by atomic mass is 32.1. The highest BCUT2D eigenvalue weighted by Crippen LogP contribution is 2.28. The number of fused-ring (bicyclic) bond motifs is 1. The van der Waals surface area contributed by atoms with Crippen LogP contribution in [0, 0.1) is 0 Å². The first-order valence-electron chi connectivity index (χ1n) is 4.86. The minimum absolute atomic E-state index is 0.234. The standard InChI is InChI=1S/C11H14N2S/c1-4-11(2,3)8-5-6-9-10(7-8)13-14-12-9/h5-7H,4H2,1-3H3. The van der Waals surface area contributed by atoms with Crippen molar-refractivity contribution in [2.45, 2.75) is 32.6 Å². The van der Waals surface area contributed by atoms with Crippen molar-refractivity contribution in [1.29, 1.82) is 0 Å². The summed E-state index contributed by atoms with van der Waals surface area (Å²) in [5.41, 5.74) is 3.61. The molecule has 0 aliphatic heterocycles. The fraction of sp³-hybridized carbons (Fsp3) is 0.455. The van der Waals surface area contributed by atoms with Gasteiger partial charge in [0.25, 0.3) is 0 Å². The van der Waals surface area contributed by atoms with Gasteiger partial charge in [0, 0.05) is 0 Å². The van der Waals surface area contributed by atoms with Gasteiger partial charge in [0.1, 0.15) is 11.0 Å². The maximum Gasteiger partial charge on any atom is 0.105 e. The zero-order chi connectivity index (χ0) is 10.2. The SMILES string of the molecule is CCC(C)(C)c1ccc2nsnc2c1. The van der Waals surface area contributed by atoms with E-state index in [9.17, 15) is 0 Å². The van der Waals surface area contributed by atoms with Crippen molar-refractivity contribution in [3.8, 4) is 0 Å². The molecule has 74 valence electrons. The number of nitrogens with zero attached hydrogens (tertiary/aromatic N) is 2. The van der Waals surface area contributed by atoms with E-state index in [2.05, 4.69) is 47.7 Å². The fourth-order valence-electron chi connectivity index (χ4n) is 1.41. The van der Waals surface area contributed by atoms with Crippen molar-refractivity contribution in [3.63, 3.8) is 0 Å². The smallest absolute Gasteiger partial charge is 0.105 e. The minimum atomic E-state index is 0.234. The van der Waals surface area contributed by atoms with E-state index in [-0.39, 0.29) is 5.41 Å². The van der Waals surface area contributed by atoms with Crippen LogP contribution < -0.4 is 0 Å². The zero-order valence-electron chi connectivity index (χ0n) is 8.74. The van der Waals surface area contributed by atoms with Crippen LogP contribution >= 0.6 is 11.7 Å². The summed E-state index contributed by atoms with van der Waals surface area (Å²) in [5, 5.41) is 0. The zero-order valence-corrected chi connectivity index (χ0v) is 9.56. The molecule has 3 heteroatoms. The topological polar surface area (TPSA) is 25.8 Å².